The molecule has 0 fully saturated rings. The van der Waals surface area contributed by atoms with Crippen molar-refractivity contribution in [2.45, 2.75) is 24.0 Å². The Kier molecular flexibility index (Phi) is 5.31. The lowest BCUT2D eigenvalue weighted by Gasteiger charge is -2.51. The molecule has 0 bridgehead atoms. The summed E-state index contributed by atoms with van der Waals surface area (Å²) in [5.74, 6) is -7.28. The van der Waals surface area contributed by atoms with E-state index in [1.807, 2.05) is 30.3 Å². The SMILES string of the molecule is CN(C)[C@@H]1C(O)=C(C(N)=O)C(=O)[C@@]2(O)C(O)=C3C(=O)c4c(O)cccc4[C@H](c4ccccc4)[C@H]3CC12. The number of amides is 1. The molecule has 0 spiro atoms. The number of nitrogens with zero attached hydrogens (tertiary/aromatic N) is 1. The number of aliphatic hydroxyl groups excluding tert-OH is 2. The van der Waals surface area contributed by atoms with Crippen molar-refractivity contribution in [1.82, 2.24) is 4.90 Å². The molecular weight excluding hydrogens is 464 g/mol. The number of aromatic hydroxyl groups is 1. The molecule has 186 valence electrons. The van der Waals surface area contributed by atoms with Crippen LogP contribution >= 0.6 is 0 Å². The first-order valence-electron chi connectivity index (χ1n) is 11.5. The third-order valence-electron chi connectivity index (χ3n) is 7.77. The van der Waals surface area contributed by atoms with Crippen molar-refractivity contribution in [2.75, 3.05) is 14.1 Å². The maximum absolute atomic E-state index is 13.7. The minimum absolute atomic E-state index is 0.0149. The number of phenols is 1. The minimum Gasteiger partial charge on any atom is -0.510 e. The molecule has 3 aliphatic carbocycles. The van der Waals surface area contributed by atoms with E-state index in [9.17, 15) is 34.8 Å². The second kappa shape index (κ2) is 8.04. The lowest BCUT2D eigenvalue weighted by Crippen LogP contribution is -2.64. The van der Waals surface area contributed by atoms with E-state index in [-0.39, 0.29) is 23.3 Å². The first-order valence-corrected chi connectivity index (χ1v) is 11.5. The number of hydrogen-bond acceptors (Lipinski definition) is 8. The zero-order valence-corrected chi connectivity index (χ0v) is 19.7. The normalized spacial score (nSPS) is 29.7. The molecule has 6 N–H and O–H groups in total. The van der Waals surface area contributed by atoms with E-state index in [1.54, 1.807) is 26.2 Å². The van der Waals surface area contributed by atoms with Crippen LogP contribution in [0.15, 0.2) is 71.2 Å². The summed E-state index contributed by atoms with van der Waals surface area (Å²) in [6.07, 6.45) is 0.0149. The highest BCUT2D eigenvalue weighted by molar-refractivity contribution is 6.24. The summed E-state index contributed by atoms with van der Waals surface area (Å²) in [6, 6.07) is 12.9. The van der Waals surface area contributed by atoms with Gasteiger partial charge in [0, 0.05) is 23.3 Å². The second-order valence-corrected chi connectivity index (χ2v) is 9.80. The molecule has 5 atom stereocenters. The Hall–Kier alpha value is -3.95. The van der Waals surface area contributed by atoms with Crippen molar-refractivity contribution >= 4 is 17.5 Å². The molecule has 3 aliphatic rings. The Bertz CT molecular complexity index is 1380. The number of rotatable bonds is 3. The fourth-order valence-corrected chi connectivity index (χ4v) is 6.31. The highest BCUT2D eigenvalue weighted by Crippen LogP contribution is 2.56. The zero-order chi connectivity index (χ0) is 26.1. The average molecular weight is 491 g/mol. The minimum atomic E-state index is -2.67. The Labute approximate surface area is 206 Å². The van der Waals surface area contributed by atoms with Crippen LogP contribution < -0.4 is 5.73 Å². The number of hydrogen-bond donors (Lipinski definition) is 5. The average Bonchev–Trinajstić information content (AvgIpc) is 2.81. The topological polar surface area (TPSA) is 161 Å². The van der Waals surface area contributed by atoms with E-state index in [1.165, 1.54) is 11.0 Å². The third-order valence-corrected chi connectivity index (χ3v) is 7.77. The van der Waals surface area contributed by atoms with Crippen LogP contribution in [0.1, 0.15) is 33.8 Å². The predicted molar refractivity (Wildman–Crippen MR) is 128 cm³/mol. The van der Waals surface area contributed by atoms with Gasteiger partial charge in [-0.1, -0.05) is 42.5 Å². The smallest absolute Gasteiger partial charge is 0.255 e. The van der Waals surface area contributed by atoms with Crippen LogP contribution in [0.5, 0.6) is 5.75 Å². The molecule has 0 aromatic heterocycles. The van der Waals surface area contributed by atoms with Gasteiger partial charge in [-0.3, -0.25) is 19.3 Å². The predicted octanol–water partition coefficient (Wildman–Crippen LogP) is 1.71. The standard InChI is InChI=1S/C27H26N2O7/c1-29(2)21-15-11-14-17(12-7-4-3-5-8-12)13-9-6-10-16(30)18(13)22(31)19(14)24(33)27(15,36)25(34)20(23(21)32)26(28)35/h3-10,14-15,17,21,30,32-33,36H,11H2,1-2H3,(H2,28,35)/t14-,15?,17+,21+,27+/m1/s1. The number of phenolic OH excluding ortho intramolecular Hbond substituents is 1. The number of ketones is 2. The summed E-state index contributed by atoms with van der Waals surface area (Å²) in [6.45, 7) is 0. The van der Waals surface area contributed by atoms with E-state index in [4.69, 9.17) is 5.73 Å². The number of allylic oxidation sites excluding steroid dienone is 1. The van der Waals surface area contributed by atoms with E-state index < -0.39 is 64.0 Å². The number of nitrogens with two attached hydrogens (primary N) is 1. The van der Waals surface area contributed by atoms with Crippen molar-refractivity contribution in [3.05, 3.63) is 87.9 Å². The van der Waals surface area contributed by atoms with E-state index in [0.29, 0.717) is 5.56 Å². The van der Waals surface area contributed by atoms with Crippen molar-refractivity contribution in [3.63, 3.8) is 0 Å². The summed E-state index contributed by atoms with van der Waals surface area (Å²) >= 11 is 0. The molecule has 2 aromatic carbocycles. The molecule has 9 heteroatoms. The first-order chi connectivity index (χ1) is 17.0. The van der Waals surface area contributed by atoms with Crippen LogP contribution in [0.4, 0.5) is 0 Å². The molecule has 0 saturated heterocycles. The summed E-state index contributed by atoms with van der Waals surface area (Å²) in [4.78, 5) is 40.8. The number of likely N-dealkylation sites (N-methyl/N-ethyl adjacent to an activating group) is 1. The maximum atomic E-state index is 13.7. The molecule has 5 rings (SSSR count). The van der Waals surface area contributed by atoms with Crippen LogP contribution in [-0.2, 0) is 9.59 Å². The van der Waals surface area contributed by atoms with Crippen molar-refractivity contribution in [1.29, 1.82) is 0 Å². The molecule has 36 heavy (non-hydrogen) atoms. The van der Waals surface area contributed by atoms with E-state index >= 15 is 0 Å². The second-order valence-electron chi connectivity index (χ2n) is 9.80. The zero-order valence-electron chi connectivity index (χ0n) is 19.7. The highest BCUT2D eigenvalue weighted by Gasteiger charge is 2.64. The van der Waals surface area contributed by atoms with Gasteiger partial charge >= 0.3 is 0 Å². The number of carbonyl (C=O) groups excluding carboxylic acids is 3. The molecule has 0 saturated carbocycles. The number of aliphatic hydroxyl groups is 3. The van der Waals surface area contributed by atoms with Gasteiger partial charge in [0.15, 0.2) is 11.4 Å². The van der Waals surface area contributed by atoms with Crippen LogP contribution in [0.25, 0.3) is 0 Å². The van der Waals surface area contributed by atoms with E-state index in [2.05, 4.69) is 0 Å². The number of primary amides is 1. The largest absolute Gasteiger partial charge is 0.510 e. The van der Waals surface area contributed by atoms with Crippen LogP contribution in [0.2, 0.25) is 0 Å². The summed E-state index contributed by atoms with van der Waals surface area (Å²) in [7, 11) is 3.19. The van der Waals surface area contributed by atoms with Crippen molar-refractivity contribution < 1.29 is 34.8 Å². The van der Waals surface area contributed by atoms with Gasteiger partial charge in [0.05, 0.1) is 11.6 Å². The summed E-state index contributed by atoms with van der Waals surface area (Å²) < 4.78 is 0. The molecule has 1 amide bonds. The van der Waals surface area contributed by atoms with Crippen LogP contribution in [0, 0.1) is 11.8 Å². The Morgan fingerprint density at radius 2 is 1.69 bits per heavy atom. The molecule has 2 aromatic rings. The van der Waals surface area contributed by atoms with Crippen molar-refractivity contribution in [2.24, 2.45) is 17.6 Å². The maximum Gasteiger partial charge on any atom is 0.255 e. The molecule has 0 radical (unpaired) electrons. The third kappa shape index (κ3) is 2.99. The molecule has 1 unspecified atom stereocenters. The van der Waals surface area contributed by atoms with Gasteiger partial charge in [-0.15, -0.1) is 0 Å². The van der Waals surface area contributed by atoms with Gasteiger partial charge in [-0.05, 0) is 37.7 Å². The lowest BCUT2D eigenvalue weighted by molar-refractivity contribution is -0.148. The van der Waals surface area contributed by atoms with Gasteiger partial charge in [0.1, 0.15) is 22.8 Å². The number of Topliss-reactive ketones (excluding diaryl/α,β-unsaturated/α-hetero) is 2. The number of carbonyl (C=O) groups is 3. The fraction of sp³-hybridized carbons (Fsp3) is 0.296. The van der Waals surface area contributed by atoms with Gasteiger partial charge in [0.25, 0.3) is 5.91 Å². The fourth-order valence-electron chi connectivity index (χ4n) is 6.31. The Morgan fingerprint density at radius 1 is 1.03 bits per heavy atom. The first kappa shape index (κ1) is 23.8. The van der Waals surface area contributed by atoms with Gasteiger partial charge in [-0.25, -0.2) is 0 Å². The Balaban J connectivity index is 1.82. The Morgan fingerprint density at radius 3 is 2.31 bits per heavy atom. The molecule has 0 aliphatic heterocycles. The van der Waals surface area contributed by atoms with Gasteiger partial charge in [-0.2, -0.15) is 0 Å². The monoisotopic (exact) mass is 490 g/mol. The summed E-state index contributed by atoms with van der Waals surface area (Å²) in [5, 5.41) is 44.8. The highest BCUT2D eigenvalue weighted by atomic mass is 16.3. The summed E-state index contributed by atoms with van der Waals surface area (Å²) in [5.41, 5.74) is 3.02. The number of benzene rings is 2. The molecular formula is C27H26N2O7. The van der Waals surface area contributed by atoms with Gasteiger partial charge < -0.3 is 26.2 Å². The lowest BCUT2D eigenvalue weighted by atomic mass is 9.55. The number of fused-ring (bicyclic) bond motifs is 3. The van der Waals surface area contributed by atoms with E-state index in [0.717, 1.165) is 5.56 Å². The quantitative estimate of drug-likeness (QED) is 0.406. The van der Waals surface area contributed by atoms with Crippen molar-refractivity contribution in [3.8, 4) is 5.75 Å². The van der Waals surface area contributed by atoms with Crippen LogP contribution in [0.3, 0.4) is 0 Å². The molecule has 0 heterocycles. The van der Waals surface area contributed by atoms with Crippen LogP contribution in [-0.4, -0.2) is 68.5 Å². The molecule has 9 nitrogen and oxygen atoms in total. The van der Waals surface area contributed by atoms with Gasteiger partial charge in [0.2, 0.25) is 5.78 Å².